The van der Waals surface area contributed by atoms with Crippen molar-refractivity contribution in [3.8, 4) is 22.3 Å². The van der Waals surface area contributed by atoms with Gasteiger partial charge in [0.1, 0.15) is 11.2 Å². The molecule has 4 aromatic carbocycles. The summed E-state index contributed by atoms with van der Waals surface area (Å²) in [7, 11) is 0. The van der Waals surface area contributed by atoms with Crippen molar-refractivity contribution in [2.45, 2.75) is 0 Å². The van der Waals surface area contributed by atoms with E-state index in [0.29, 0.717) is 0 Å². The highest BCUT2D eigenvalue weighted by Gasteiger charge is 2.11. The molecule has 3 heteroatoms. The highest BCUT2D eigenvalue weighted by Crippen LogP contribution is 2.36. The van der Waals surface area contributed by atoms with Gasteiger partial charge in [-0.25, -0.2) is 4.79 Å². The number of carbonyl (C=O) groups is 1. The van der Waals surface area contributed by atoms with Crippen LogP contribution in [0.25, 0.3) is 50.3 Å². The molecule has 0 unspecified atom stereocenters. The van der Waals surface area contributed by atoms with Gasteiger partial charge in [-0.3, -0.25) is 0 Å². The number of hydrogen-bond donors (Lipinski definition) is 1. The zero-order valence-electron chi connectivity index (χ0n) is 16.1. The number of benzene rings is 4. The Bertz CT molecular complexity index is 1390. The molecule has 5 rings (SSSR count). The maximum Gasteiger partial charge on any atom is 0.328 e. The minimum atomic E-state index is -0.950. The Labute approximate surface area is 173 Å². The van der Waals surface area contributed by atoms with Crippen molar-refractivity contribution in [3.05, 3.63) is 103 Å². The smallest absolute Gasteiger partial charge is 0.328 e. The van der Waals surface area contributed by atoms with Crippen molar-refractivity contribution in [1.82, 2.24) is 0 Å². The van der Waals surface area contributed by atoms with Gasteiger partial charge >= 0.3 is 5.97 Å². The first-order valence-corrected chi connectivity index (χ1v) is 9.71. The van der Waals surface area contributed by atoms with Crippen LogP contribution in [0.15, 0.2) is 101 Å². The number of aliphatic carboxylic acids is 1. The molecule has 30 heavy (non-hydrogen) atoms. The van der Waals surface area contributed by atoms with Crippen molar-refractivity contribution < 1.29 is 14.3 Å². The molecule has 0 radical (unpaired) electrons. The molecule has 144 valence electrons. The van der Waals surface area contributed by atoms with Crippen LogP contribution < -0.4 is 0 Å². The van der Waals surface area contributed by atoms with Crippen LogP contribution in [-0.4, -0.2) is 11.1 Å². The van der Waals surface area contributed by atoms with Gasteiger partial charge in [-0.05, 0) is 34.4 Å². The highest BCUT2D eigenvalue weighted by molar-refractivity contribution is 6.09. The molecular weight excluding hydrogens is 372 g/mol. The monoisotopic (exact) mass is 390 g/mol. The van der Waals surface area contributed by atoms with E-state index in [1.54, 1.807) is 6.08 Å². The first kappa shape index (κ1) is 18.0. The summed E-state index contributed by atoms with van der Waals surface area (Å²) in [6.45, 7) is 0. The third-order valence-corrected chi connectivity index (χ3v) is 5.26. The first-order chi connectivity index (χ1) is 14.7. The van der Waals surface area contributed by atoms with Crippen molar-refractivity contribution in [1.29, 1.82) is 0 Å². The van der Waals surface area contributed by atoms with Crippen molar-refractivity contribution in [3.63, 3.8) is 0 Å². The van der Waals surface area contributed by atoms with Crippen LogP contribution in [0.4, 0.5) is 0 Å². The highest BCUT2D eigenvalue weighted by atomic mass is 16.4. The molecule has 0 saturated heterocycles. The van der Waals surface area contributed by atoms with Gasteiger partial charge < -0.3 is 9.52 Å². The predicted octanol–water partition coefficient (Wildman–Crippen LogP) is 7.02. The van der Waals surface area contributed by atoms with Crippen LogP contribution in [0.5, 0.6) is 0 Å². The Hall–Kier alpha value is -4.11. The van der Waals surface area contributed by atoms with Crippen molar-refractivity contribution in [2.24, 2.45) is 0 Å². The number of hydrogen-bond acceptors (Lipinski definition) is 2. The van der Waals surface area contributed by atoms with Crippen LogP contribution in [0, 0.1) is 0 Å². The molecule has 5 aromatic rings. The molecule has 0 fully saturated rings. The van der Waals surface area contributed by atoms with Gasteiger partial charge in [0.15, 0.2) is 0 Å². The molecule has 0 aliphatic rings. The second-order valence-electron chi connectivity index (χ2n) is 7.15. The molecule has 0 amide bonds. The topological polar surface area (TPSA) is 50.4 Å². The van der Waals surface area contributed by atoms with Gasteiger partial charge in [0, 0.05) is 22.4 Å². The lowest BCUT2D eigenvalue weighted by molar-refractivity contribution is -0.131. The molecule has 1 heterocycles. The van der Waals surface area contributed by atoms with E-state index in [9.17, 15) is 4.79 Å². The van der Waals surface area contributed by atoms with Crippen LogP contribution in [-0.2, 0) is 4.79 Å². The number of fused-ring (bicyclic) bond motifs is 3. The van der Waals surface area contributed by atoms with Crippen molar-refractivity contribution in [2.75, 3.05) is 0 Å². The van der Waals surface area contributed by atoms with E-state index in [0.717, 1.165) is 55.8 Å². The molecule has 0 atom stereocenters. The average Bonchev–Trinajstić information content (AvgIpc) is 3.17. The molecule has 0 spiro atoms. The fourth-order valence-corrected chi connectivity index (χ4v) is 3.77. The quantitative estimate of drug-likeness (QED) is 0.336. The summed E-state index contributed by atoms with van der Waals surface area (Å²) in [5.41, 5.74) is 7.01. The lowest BCUT2D eigenvalue weighted by Crippen LogP contribution is -1.85. The number of furan rings is 1. The Morgan fingerprint density at radius 1 is 0.700 bits per heavy atom. The van der Waals surface area contributed by atoms with E-state index in [1.807, 2.05) is 42.5 Å². The Balaban J connectivity index is 1.49. The van der Waals surface area contributed by atoms with Gasteiger partial charge in [0.25, 0.3) is 0 Å². The normalized spacial score (nSPS) is 11.5. The lowest BCUT2D eigenvalue weighted by Gasteiger charge is -2.06. The molecule has 1 aromatic heterocycles. The van der Waals surface area contributed by atoms with E-state index in [4.69, 9.17) is 9.52 Å². The molecule has 0 saturated carbocycles. The molecule has 0 aliphatic carbocycles. The minimum absolute atomic E-state index is 0.856. The summed E-state index contributed by atoms with van der Waals surface area (Å²) < 4.78 is 6.16. The van der Waals surface area contributed by atoms with E-state index in [2.05, 4.69) is 48.5 Å². The van der Waals surface area contributed by atoms with Gasteiger partial charge in [0.2, 0.25) is 0 Å². The van der Waals surface area contributed by atoms with Gasteiger partial charge in [-0.2, -0.15) is 0 Å². The number of rotatable bonds is 4. The Morgan fingerprint density at radius 2 is 1.33 bits per heavy atom. The number of carboxylic acid groups (broad SMARTS) is 1. The molecule has 1 N–H and O–H groups in total. The molecular formula is C27H18O3. The van der Waals surface area contributed by atoms with E-state index < -0.39 is 5.97 Å². The number of para-hydroxylation sites is 2. The second-order valence-corrected chi connectivity index (χ2v) is 7.15. The predicted molar refractivity (Wildman–Crippen MR) is 121 cm³/mol. The van der Waals surface area contributed by atoms with Crippen LogP contribution in [0.2, 0.25) is 0 Å². The SMILES string of the molecule is O=C(O)/C=C/c1ccc(-c2ccc(-c3cccc4c3oc3ccccc34)cc2)cc1. The minimum Gasteiger partial charge on any atom is -0.478 e. The first-order valence-electron chi connectivity index (χ1n) is 9.71. The fraction of sp³-hybridized carbons (Fsp3) is 0. The molecule has 0 bridgehead atoms. The summed E-state index contributed by atoms with van der Waals surface area (Å²) in [4.78, 5) is 10.6. The van der Waals surface area contributed by atoms with Crippen LogP contribution in [0.1, 0.15) is 5.56 Å². The summed E-state index contributed by atoms with van der Waals surface area (Å²) in [6, 6.07) is 30.6. The summed E-state index contributed by atoms with van der Waals surface area (Å²) in [5, 5.41) is 11.0. The zero-order valence-corrected chi connectivity index (χ0v) is 16.1. The van der Waals surface area contributed by atoms with Gasteiger partial charge in [-0.15, -0.1) is 0 Å². The lowest BCUT2D eigenvalue weighted by atomic mass is 9.98. The maximum atomic E-state index is 10.6. The third kappa shape index (κ3) is 3.27. The average molecular weight is 390 g/mol. The molecule has 3 nitrogen and oxygen atoms in total. The fourth-order valence-electron chi connectivity index (χ4n) is 3.77. The Morgan fingerprint density at radius 3 is 2.07 bits per heavy atom. The Kier molecular flexibility index (Phi) is 4.41. The third-order valence-electron chi connectivity index (χ3n) is 5.26. The van der Waals surface area contributed by atoms with Crippen molar-refractivity contribution >= 4 is 34.0 Å². The van der Waals surface area contributed by atoms with Crippen LogP contribution >= 0.6 is 0 Å². The van der Waals surface area contributed by atoms with Crippen LogP contribution in [0.3, 0.4) is 0 Å². The summed E-state index contributed by atoms with van der Waals surface area (Å²) in [5.74, 6) is -0.950. The van der Waals surface area contributed by atoms with E-state index in [1.165, 1.54) is 0 Å². The maximum absolute atomic E-state index is 10.6. The van der Waals surface area contributed by atoms with E-state index in [-0.39, 0.29) is 0 Å². The van der Waals surface area contributed by atoms with Gasteiger partial charge in [-0.1, -0.05) is 84.9 Å². The second kappa shape index (κ2) is 7.37. The number of carboxylic acids is 1. The van der Waals surface area contributed by atoms with Gasteiger partial charge in [0.05, 0.1) is 0 Å². The largest absolute Gasteiger partial charge is 0.478 e. The zero-order chi connectivity index (χ0) is 20.5. The van der Waals surface area contributed by atoms with E-state index >= 15 is 0 Å². The standard InChI is InChI=1S/C27H18O3/c28-26(29)17-10-18-8-11-19(12-9-18)20-13-15-21(16-14-20)22-5-3-6-24-23-4-1-2-7-25(23)30-27(22)24/h1-17H,(H,28,29)/b17-10+. The molecule has 0 aliphatic heterocycles. The summed E-state index contributed by atoms with van der Waals surface area (Å²) in [6.07, 6.45) is 2.73. The summed E-state index contributed by atoms with van der Waals surface area (Å²) >= 11 is 0.